The second-order valence-corrected chi connectivity index (χ2v) is 7.41. The molecular formula is C18H15ClF4N4O2. The molecular weight excluding hydrogens is 416 g/mol. The maximum absolute atomic E-state index is 14.6. The summed E-state index contributed by atoms with van der Waals surface area (Å²) in [4.78, 5) is 16.5. The van der Waals surface area contributed by atoms with Gasteiger partial charge in [0.2, 0.25) is 0 Å². The number of aliphatic imine (C=N–C) groups is 1. The Hall–Kier alpha value is -2.62. The maximum atomic E-state index is 14.6. The van der Waals surface area contributed by atoms with E-state index in [1.165, 1.54) is 12.1 Å². The molecule has 0 amide bonds. The summed E-state index contributed by atoms with van der Waals surface area (Å²) in [6.07, 6.45) is 0.710. The van der Waals surface area contributed by atoms with Crippen molar-refractivity contribution in [2.45, 2.75) is 31.0 Å². The molecule has 3 atom stereocenters. The van der Waals surface area contributed by atoms with Crippen LogP contribution in [0.25, 0.3) is 0 Å². The van der Waals surface area contributed by atoms with Gasteiger partial charge in [0.15, 0.2) is 5.78 Å². The van der Waals surface area contributed by atoms with E-state index in [0.29, 0.717) is 12.0 Å². The van der Waals surface area contributed by atoms with Gasteiger partial charge in [0.05, 0.1) is 11.2 Å². The molecule has 2 aromatic rings. The number of rotatable bonds is 6. The van der Waals surface area contributed by atoms with Gasteiger partial charge in [0.1, 0.15) is 29.8 Å². The maximum Gasteiger partial charge on any atom is 0.333 e. The highest BCUT2D eigenvalue weighted by Crippen LogP contribution is 2.53. The van der Waals surface area contributed by atoms with Crippen LogP contribution in [0.15, 0.2) is 29.4 Å². The molecule has 0 bridgehead atoms. The summed E-state index contributed by atoms with van der Waals surface area (Å²) < 4.78 is 59.7. The van der Waals surface area contributed by atoms with Crippen LogP contribution >= 0.6 is 11.6 Å². The van der Waals surface area contributed by atoms with Gasteiger partial charge in [-0.1, -0.05) is 17.7 Å². The number of hydrogen-bond donors (Lipinski definition) is 1. The van der Waals surface area contributed by atoms with Gasteiger partial charge in [0, 0.05) is 17.9 Å². The van der Waals surface area contributed by atoms with E-state index < -0.39 is 30.4 Å². The lowest BCUT2D eigenvalue weighted by molar-refractivity contribution is 0.0560. The normalized spacial score (nSPS) is 25.4. The van der Waals surface area contributed by atoms with Crippen molar-refractivity contribution in [1.82, 2.24) is 9.78 Å². The number of halogens is 5. The van der Waals surface area contributed by atoms with Gasteiger partial charge in [-0.3, -0.25) is 4.79 Å². The Bertz CT molecular complexity index is 1010. The number of carbonyl (C=O) groups is 1. The highest BCUT2D eigenvalue weighted by Gasteiger charge is 2.60. The van der Waals surface area contributed by atoms with Gasteiger partial charge >= 0.3 is 6.55 Å². The minimum Gasteiger partial charge on any atom is -0.462 e. The standard InChI is InChI=1S/C18H15ClF4N4O2/c19-11-6-27(16(22)23)26-15(11)13(28)4-8-1-2-12(21)9(3-8)18(7-20)10-5-14(10)29-17(24)25-18/h1-3,6,10,14,16H,4-5,7H2,(H2,24,25)/t10-,14+,18+/m0/s1. The third-order valence-electron chi connectivity index (χ3n) is 5.14. The molecule has 0 radical (unpaired) electrons. The van der Waals surface area contributed by atoms with E-state index in [-0.39, 0.29) is 45.4 Å². The summed E-state index contributed by atoms with van der Waals surface area (Å²) in [6, 6.07) is 3.57. The Labute approximate surface area is 167 Å². The molecule has 29 heavy (non-hydrogen) atoms. The summed E-state index contributed by atoms with van der Waals surface area (Å²) in [5.41, 5.74) is 4.08. The molecule has 6 nitrogen and oxygen atoms in total. The highest BCUT2D eigenvalue weighted by atomic mass is 35.5. The molecule has 0 unspecified atom stereocenters. The van der Waals surface area contributed by atoms with E-state index in [9.17, 15) is 22.4 Å². The number of ether oxygens (including phenoxy) is 1. The summed E-state index contributed by atoms with van der Waals surface area (Å²) in [7, 11) is 0. The Morgan fingerprint density at radius 1 is 1.45 bits per heavy atom. The van der Waals surface area contributed by atoms with E-state index in [0.717, 1.165) is 12.3 Å². The van der Waals surface area contributed by atoms with Crippen molar-refractivity contribution in [3.63, 3.8) is 0 Å². The zero-order valence-electron chi connectivity index (χ0n) is 14.8. The van der Waals surface area contributed by atoms with Gasteiger partial charge < -0.3 is 10.5 Å². The molecule has 2 aliphatic rings. The Kier molecular flexibility index (Phi) is 4.76. The smallest absolute Gasteiger partial charge is 0.333 e. The quantitative estimate of drug-likeness (QED) is 0.562. The molecule has 1 saturated carbocycles. The van der Waals surface area contributed by atoms with E-state index in [4.69, 9.17) is 22.1 Å². The lowest BCUT2D eigenvalue weighted by Crippen LogP contribution is -2.39. The average molecular weight is 431 g/mol. The van der Waals surface area contributed by atoms with Crippen LogP contribution in [0.4, 0.5) is 17.6 Å². The third kappa shape index (κ3) is 3.35. The molecule has 1 aromatic heterocycles. The number of benzene rings is 1. The molecule has 1 aromatic carbocycles. The SMILES string of the molecule is NC1=N[C@](CF)(c2cc(CC(=O)c3nn(C(F)F)cc3Cl)ccc2F)[C@H]2C[C@H]2O1. The first kappa shape index (κ1) is 19.7. The van der Waals surface area contributed by atoms with Crippen molar-refractivity contribution >= 4 is 23.4 Å². The summed E-state index contributed by atoms with van der Waals surface area (Å²) in [6.45, 7) is -3.93. The lowest BCUT2D eigenvalue weighted by Gasteiger charge is -2.31. The number of aromatic nitrogens is 2. The fourth-order valence-corrected chi connectivity index (χ4v) is 3.91. The minimum atomic E-state index is -2.95. The van der Waals surface area contributed by atoms with Crippen molar-refractivity contribution in [3.05, 3.63) is 52.1 Å². The number of fused-ring (bicyclic) bond motifs is 1. The summed E-state index contributed by atoms with van der Waals surface area (Å²) in [5.74, 6) is -1.69. The number of amidine groups is 1. The molecule has 0 saturated heterocycles. The number of Topliss-reactive ketones (excluding diaryl/α,β-unsaturated/α-hetero) is 1. The zero-order valence-corrected chi connectivity index (χ0v) is 15.5. The highest BCUT2D eigenvalue weighted by molar-refractivity contribution is 6.33. The van der Waals surface area contributed by atoms with E-state index in [2.05, 4.69) is 10.1 Å². The van der Waals surface area contributed by atoms with E-state index in [1.807, 2.05) is 0 Å². The van der Waals surface area contributed by atoms with Crippen LogP contribution in [0.5, 0.6) is 0 Å². The topological polar surface area (TPSA) is 82.5 Å². The van der Waals surface area contributed by atoms with Gasteiger partial charge in [-0.15, -0.1) is 0 Å². The monoisotopic (exact) mass is 430 g/mol. The molecule has 0 spiro atoms. The zero-order chi connectivity index (χ0) is 20.9. The predicted molar refractivity (Wildman–Crippen MR) is 95.2 cm³/mol. The number of ketones is 1. The number of nitrogens with two attached hydrogens (primary N) is 1. The van der Waals surface area contributed by atoms with Gasteiger partial charge in [-0.2, -0.15) is 13.9 Å². The van der Waals surface area contributed by atoms with E-state index >= 15 is 0 Å². The van der Waals surface area contributed by atoms with Crippen LogP contribution < -0.4 is 5.73 Å². The fraction of sp³-hybridized carbons (Fsp3) is 0.389. The predicted octanol–water partition coefficient (Wildman–Crippen LogP) is 3.39. The van der Waals surface area contributed by atoms with Crippen molar-refractivity contribution in [3.8, 4) is 0 Å². The van der Waals surface area contributed by atoms with E-state index in [1.54, 1.807) is 0 Å². The largest absolute Gasteiger partial charge is 0.462 e. The fourth-order valence-electron chi connectivity index (χ4n) is 3.67. The van der Waals surface area contributed by atoms with Crippen molar-refractivity contribution in [1.29, 1.82) is 0 Å². The Balaban J connectivity index is 1.66. The van der Waals surface area contributed by atoms with Crippen LogP contribution in [-0.2, 0) is 16.7 Å². The number of hydrogen-bond acceptors (Lipinski definition) is 5. The summed E-state index contributed by atoms with van der Waals surface area (Å²) in [5, 5.41) is 3.27. The first-order chi connectivity index (χ1) is 13.7. The first-order valence-corrected chi connectivity index (χ1v) is 9.06. The second-order valence-electron chi connectivity index (χ2n) is 7.00. The molecule has 4 rings (SSSR count). The Morgan fingerprint density at radius 2 is 2.21 bits per heavy atom. The van der Waals surface area contributed by atoms with Crippen LogP contribution in [0, 0.1) is 11.7 Å². The molecule has 2 heterocycles. The molecule has 11 heteroatoms. The molecule has 1 fully saturated rings. The lowest BCUT2D eigenvalue weighted by atomic mass is 9.84. The molecule has 1 aliphatic carbocycles. The van der Waals surface area contributed by atoms with Crippen LogP contribution in [0.1, 0.15) is 34.6 Å². The number of carbonyl (C=O) groups excluding carboxylic acids is 1. The first-order valence-electron chi connectivity index (χ1n) is 8.68. The molecule has 2 N–H and O–H groups in total. The molecule has 154 valence electrons. The molecule has 1 aliphatic heterocycles. The van der Waals surface area contributed by atoms with Crippen molar-refractivity contribution < 1.29 is 27.1 Å². The van der Waals surface area contributed by atoms with Crippen molar-refractivity contribution in [2.75, 3.05) is 6.67 Å². The van der Waals surface area contributed by atoms with Crippen LogP contribution in [0.3, 0.4) is 0 Å². The van der Waals surface area contributed by atoms with Gasteiger partial charge in [-0.05, 0) is 24.1 Å². The number of alkyl halides is 3. The van der Waals surface area contributed by atoms with Gasteiger partial charge in [0.25, 0.3) is 6.02 Å². The average Bonchev–Trinajstić information content (AvgIpc) is 3.34. The summed E-state index contributed by atoms with van der Waals surface area (Å²) >= 11 is 5.82. The van der Waals surface area contributed by atoms with Crippen molar-refractivity contribution in [2.24, 2.45) is 16.6 Å². The number of nitrogens with zero attached hydrogens (tertiary/aromatic N) is 3. The minimum absolute atomic E-state index is 0.0340. The van der Waals surface area contributed by atoms with Crippen LogP contribution in [0.2, 0.25) is 5.02 Å². The Morgan fingerprint density at radius 3 is 2.86 bits per heavy atom. The van der Waals surface area contributed by atoms with Crippen LogP contribution in [-0.4, -0.2) is 34.4 Å². The van der Waals surface area contributed by atoms with Gasteiger partial charge in [-0.25, -0.2) is 18.5 Å². The second kappa shape index (κ2) is 7.01. The third-order valence-corrected chi connectivity index (χ3v) is 5.42.